The van der Waals surface area contributed by atoms with Crippen molar-refractivity contribution >= 4 is 11.3 Å². The number of hydrogen-bond acceptors (Lipinski definition) is 3. The van der Waals surface area contributed by atoms with Crippen LogP contribution < -0.4 is 5.32 Å². The van der Waals surface area contributed by atoms with Gasteiger partial charge in [-0.1, -0.05) is 19.9 Å². The van der Waals surface area contributed by atoms with Crippen molar-refractivity contribution in [3.8, 4) is 0 Å². The van der Waals surface area contributed by atoms with Crippen LogP contribution in [0.15, 0.2) is 17.5 Å². The number of rotatable bonds is 5. The first-order valence-electron chi connectivity index (χ1n) is 5.34. The summed E-state index contributed by atoms with van der Waals surface area (Å²) in [6.07, 6.45) is -6.88. The molecule has 2 N–H and O–H groups in total. The van der Waals surface area contributed by atoms with E-state index in [0.29, 0.717) is 0 Å². The molecule has 1 aromatic heterocycles. The van der Waals surface area contributed by atoms with E-state index in [1.807, 2.05) is 31.4 Å². The van der Waals surface area contributed by atoms with E-state index in [0.717, 1.165) is 4.88 Å². The highest BCUT2D eigenvalue weighted by Gasteiger charge is 2.38. The Morgan fingerprint density at radius 3 is 2.47 bits per heavy atom. The average Bonchev–Trinajstić information content (AvgIpc) is 2.69. The Bertz CT molecular complexity index is 324. The Kier molecular flexibility index (Phi) is 4.97. The number of alkyl halides is 3. The van der Waals surface area contributed by atoms with Crippen LogP contribution in [0.2, 0.25) is 0 Å². The minimum absolute atomic E-state index is 0.160. The lowest BCUT2D eigenvalue weighted by Crippen LogP contribution is -2.40. The number of aliphatic hydroxyl groups excluding tert-OH is 1. The van der Waals surface area contributed by atoms with Crippen molar-refractivity contribution in [1.29, 1.82) is 0 Å². The lowest BCUT2D eigenvalue weighted by Gasteiger charge is -2.23. The van der Waals surface area contributed by atoms with Gasteiger partial charge < -0.3 is 10.4 Å². The Hall–Kier alpha value is -0.590. The maximum absolute atomic E-state index is 12.2. The fraction of sp³-hybridized carbons (Fsp3) is 0.636. The molecule has 0 fully saturated rings. The average molecular weight is 267 g/mol. The molecule has 2 unspecified atom stereocenters. The Morgan fingerprint density at radius 1 is 1.41 bits per heavy atom. The van der Waals surface area contributed by atoms with Crippen LogP contribution in [-0.2, 0) is 0 Å². The molecule has 0 spiro atoms. The molecular formula is C11H16F3NOS. The summed E-state index contributed by atoms with van der Waals surface area (Å²) in [5.74, 6) is 0.161. The minimum Gasteiger partial charge on any atom is -0.382 e. The van der Waals surface area contributed by atoms with Crippen LogP contribution in [0.4, 0.5) is 13.2 Å². The van der Waals surface area contributed by atoms with Gasteiger partial charge in [0.1, 0.15) is 0 Å². The molecule has 1 heterocycles. The van der Waals surface area contributed by atoms with Gasteiger partial charge in [0.15, 0.2) is 6.10 Å². The molecule has 17 heavy (non-hydrogen) atoms. The lowest BCUT2D eigenvalue weighted by atomic mass is 10.0. The SMILES string of the molecule is CC(C)C(NCC(O)C(F)(F)F)c1cccs1. The van der Waals surface area contributed by atoms with Crippen LogP contribution in [0.5, 0.6) is 0 Å². The summed E-state index contributed by atoms with van der Waals surface area (Å²) in [5, 5.41) is 13.6. The van der Waals surface area contributed by atoms with Crippen LogP contribution in [0.1, 0.15) is 24.8 Å². The van der Waals surface area contributed by atoms with Crippen LogP contribution in [0.3, 0.4) is 0 Å². The molecule has 0 aliphatic rings. The van der Waals surface area contributed by atoms with Crippen molar-refractivity contribution in [1.82, 2.24) is 5.32 Å². The van der Waals surface area contributed by atoms with Crippen molar-refractivity contribution < 1.29 is 18.3 Å². The zero-order valence-electron chi connectivity index (χ0n) is 9.66. The predicted octanol–water partition coefficient (Wildman–Crippen LogP) is 2.96. The number of aliphatic hydroxyl groups is 1. The van der Waals surface area contributed by atoms with E-state index < -0.39 is 18.8 Å². The van der Waals surface area contributed by atoms with E-state index in [1.54, 1.807) is 0 Å². The van der Waals surface area contributed by atoms with E-state index in [-0.39, 0.29) is 12.0 Å². The second kappa shape index (κ2) is 5.84. The van der Waals surface area contributed by atoms with E-state index >= 15 is 0 Å². The summed E-state index contributed by atoms with van der Waals surface area (Å²) in [4.78, 5) is 0.981. The molecule has 2 nitrogen and oxygen atoms in total. The Morgan fingerprint density at radius 2 is 2.06 bits per heavy atom. The molecule has 1 rings (SSSR count). The van der Waals surface area contributed by atoms with Gasteiger partial charge in [0.25, 0.3) is 0 Å². The first kappa shape index (κ1) is 14.5. The third kappa shape index (κ3) is 4.29. The molecule has 0 aliphatic heterocycles. The normalized spacial score (nSPS) is 16.2. The molecule has 6 heteroatoms. The second-order valence-electron chi connectivity index (χ2n) is 4.20. The van der Waals surface area contributed by atoms with E-state index in [9.17, 15) is 13.2 Å². The fourth-order valence-corrected chi connectivity index (χ4v) is 2.46. The Balaban J connectivity index is 2.58. The predicted molar refractivity (Wildman–Crippen MR) is 62.0 cm³/mol. The highest BCUT2D eigenvalue weighted by Crippen LogP contribution is 2.26. The maximum Gasteiger partial charge on any atom is 0.415 e. The number of nitrogens with one attached hydrogen (secondary N) is 1. The number of hydrogen-bond donors (Lipinski definition) is 2. The number of halogens is 3. The van der Waals surface area contributed by atoms with Crippen molar-refractivity contribution in [2.75, 3.05) is 6.54 Å². The largest absolute Gasteiger partial charge is 0.415 e. The molecule has 0 saturated heterocycles. The summed E-state index contributed by atoms with van der Waals surface area (Å²) in [7, 11) is 0. The first-order chi connectivity index (χ1) is 7.82. The quantitative estimate of drug-likeness (QED) is 0.859. The van der Waals surface area contributed by atoms with E-state index in [1.165, 1.54) is 11.3 Å². The van der Waals surface area contributed by atoms with Crippen LogP contribution in [0.25, 0.3) is 0 Å². The second-order valence-corrected chi connectivity index (χ2v) is 5.18. The maximum atomic E-state index is 12.2. The third-order valence-electron chi connectivity index (χ3n) is 2.43. The molecule has 1 aromatic rings. The van der Waals surface area contributed by atoms with Gasteiger partial charge >= 0.3 is 6.18 Å². The third-order valence-corrected chi connectivity index (χ3v) is 3.38. The van der Waals surface area contributed by atoms with Crippen molar-refractivity contribution in [2.24, 2.45) is 5.92 Å². The van der Waals surface area contributed by atoms with Gasteiger partial charge in [-0.3, -0.25) is 0 Å². The van der Waals surface area contributed by atoms with Gasteiger partial charge in [0.05, 0.1) is 0 Å². The summed E-state index contributed by atoms with van der Waals surface area (Å²) in [5.41, 5.74) is 0. The van der Waals surface area contributed by atoms with Gasteiger partial charge in [0.2, 0.25) is 0 Å². The van der Waals surface area contributed by atoms with E-state index in [4.69, 9.17) is 5.11 Å². The Labute approximate surface area is 102 Å². The van der Waals surface area contributed by atoms with Crippen LogP contribution in [-0.4, -0.2) is 23.9 Å². The van der Waals surface area contributed by atoms with Crippen molar-refractivity contribution in [3.05, 3.63) is 22.4 Å². The molecule has 0 saturated carbocycles. The summed E-state index contributed by atoms with van der Waals surface area (Å²) >= 11 is 1.49. The number of thiophene rings is 1. The highest BCUT2D eigenvalue weighted by molar-refractivity contribution is 7.10. The van der Waals surface area contributed by atoms with Gasteiger partial charge in [0, 0.05) is 17.5 Å². The monoisotopic (exact) mass is 267 g/mol. The van der Waals surface area contributed by atoms with Gasteiger partial charge in [-0.15, -0.1) is 11.3 Å². The minimum atomic E-state index is -4.57. The molecule has 0 bridgehead atoms. The highest BCUT2D eigenvalue weighted by atomic mass is 32.1. The van der Waals surface area contributed by atoms with Crippen LogP contribution >= 0.6 is 11.3 Å². The first-order valence-corrected chi connectivity index (χ1v) is 6.22. The van der Waals surface area contributed by atoms with Gasteiger partial charge in [-0.05, 0) is 17.4 Å². The topological polar surface area (TPSA) is 32.3 Å². The molecule has 0 amide bonds. The van der Waals surface area contributed by atoms with Crippen molar-refractivity contribution in [2.45, 2.75) is 32.2 Å². The summed E-state index contributed by atoms with van der Waals surface area (Å²) < 4.78 is 36.5. The van der Waals surface area contributed by atoms with Gasteiger partial charge in [-0.25, -0.2) is 0 Å². The van der Waals surface area contributed by atoms with Crippen molar-refractivity contribution in [3.63, 3.8) is 0 Å². The molecule has 0 aromatic carbocycles. The van der Waals surface area contributed by atoms with Crippen LogP contribution in [0, 0.1) is 5.92 Å². The summed E-state index contributed by atoms with van der Waals surface area (Å²) in [6.45, 7) is 3.37. The molecule has 98 valence electrons. The zero-order valence-corrected chi connectivity index (χ0v) is 10.5. The fourth-order valence-electron chi connectivity index (χ4n) is 1.49. The lowest BCUT2D eigenvalue weighted by molar-refractivity contribution is -0.202. The molecule has 2 atom stereocenters. The molecule has 0 radical (unpaired) electrons. The zero-order chi connectivity index (χ0) is 13.1. The van der Waals surface area contributed by atoms with Gasteiger partial charge in [-0.2, -0.15) is 13.2 Å². The molecule has 0 aliphatic carbocycles. The smallest absolute Gasteiger partial charge is 0.382 e. The standard InChI is InChI=1S/C11H16F3NOS/c1-7(2)10(8-4-3-5-17-8)15-6-9(16)11(12,13)14/h3-5,7,9-10,15-16H,6H2,1-2H3. The van der Waals surface area contributed by atoms with E-state index in [2.05, 4.69) is 5.32 Å². The summed E-state index contributed by atoms with van der Waals surface area (Å²) in [6, 6.07) is 3.58. The molecular weight excluding hydrogens is 251 g/mol.